The molecule has 16 heavy (non-hydrogen) atoms. The fraction of sp³-hybridized carbons (Fsp3) is 1.00. The first kappa shape index (κ1) is 14.0. The second-order valence-electron chi connectivity index (χ2n) is 5.33. The van der Waals surface area contributed by atoms with Crippen molar-refractivity contribution >= 4 is 0 Å². The van der Waals surface area contributed by atoms with E-state index in [0.29, 0.717) is 12.5 Å². The van der Waals surface area contributed by atoms with Gasteiger partial charge < -0.3 is 10.4 Å². The number of aliphatic hydroxyl groups is 1. The van der Waals surface area contributed by atoms with Gasteiger partial charge in [-0.1, -0.05) is 32.6 Å². The Balaban J connectivity index is 2.06. The molecule has 1 unspecified atom stereocenters. The van der Waals surface area contributed by atoms with Gasteiger partial charge in [-0.25, -0.2) is 0 Å². The van der Waals surface area contributed by atoms with E-state index < -0.39 is 0 Å². The van der Waals surface area contributed by atoms with Crippen LogP contribution in [0.15, 0.2) is 0 Å². The van der Waals surface area contributed by atoms with Crippen LogP contribution in [0, 0.1) is 11.8 Å². The lowest BCUT2D eigenvalue weighted by Crippen LogP contribution is -2.29. The zero-order chi connectivity index (χ0) is 11.6. The molecule has 0 heterocycles. The highest BCUT2D eigenvalue weighted by atomic mass is 16.3. The molecule has 0 radical (unpaired) electrons. The number of rotatable bonds is 8. The summed E-state index contributed by atoms with van der Waals surface area (Å²) in [6, 6.07) is 0. The Labute approximate surface area is 101 Å². The lowest BCUT2D eigenvalue weighted by Gasteiger charge is -2.23. The number of hydrogen-bond acceptors (Lipinski definition) is 2. The second-order valence-corrected chi connectivity index (χ2v) is 5.33. The molecule has 1 saturated carbocycles. The van der Waals surface area contributed by atoms with E-state index >= 15 is 0 Å². The van der Waals surface area contributed by atoms with Gasteiger partial charge in [0, 0.05) is 6.61 Å². The smallest absolute Gasteiger partial charge is 0.0434 e. The van der Waals surface area contributed by atoms with Gasteiger partial charge >= 0.3 is 0 Å². The molecule has 2 N–H and O–H groups in total. The van der Waals surface area contributed by atoms with Crippen molar-refractivity contribution in [3.8, 4) is 0 Å². The van der Waals surface area contributed by atoms with Crippen LogP contribution in [-0.4, -0.2) is 24.8 Å². The first-order valence-corrected chi connectivity index (χ1v) is 7.18. The first-order chi connectivity index (χ1) is 7.86. The minimum absolute atomic E-state index is 0.343. The van der Waals surface area contributed by atoms with Crippen molar-refractivity contribution in [1.29, 1.82) is 0 Å². The summed E-state index contributed by atoms with van der Waals surface area (Å²) in [5.74, 6) is 1.60. The molecule has 1 aliphatic rings. The summed E-state index contributed by atoms with van der Waals surface area (Å²) in [5, 5.41) is 12.6. The zero-order valence-electron chi connectivity index (χ0n) is 10.9. The van der Waals surface area contributed by atoms with Crippen LogP contribution in [0.25, 0.3) is 0 Å². The molecule has 0 amide bonds. The van der Waals surface area contributed by atoms with Crippen molar-refractivity contribution < 1.29 is 5.11 Å². The summed E-state index contributed by atoms with van der Waals surface area (Å²) in [6.07, 6.45) is 10.6. The van der Waals surface area contributed by atoms with E-state index in [9.17, 15) is 0 Å². The van der Waals surface area contributed by atoms with E-state index in [1.54, 1.807) is 0 Å². The molecule has 2 heteroatoms. The summed E-state index contributed by atoms with van der Waals surface area (Å²) in [5.41, 5.74) is 0. The van der Waals surface area contributed by atoms with Gasteiger partial charge in [-0.05, 0) is 50.6 Å². The number of nitrogens with one attached hydrogen (secondary N) is 1. The molecule has 0 aromatic heterocycles. The monoisotopic (exact) mass is 227 g/mol. The van der Waals surface area contributed by atoms with Gasteiger partial charge in [0.25, 0.3) is 0 Å². The fourth-order valence-electron chi connectivity index (χ4n) is 2.82. The van der Waals surface area contributed by atoms with E-state index in [1.165, 1.54) is 51.5 Å². The molecule has 0 aromatic carbocycles. The van der Waals surface area contributed by atoms with Crippen molar-refractivity contribution in [3.05, 3.63) is 0 Å². The molecule has 1 aliphatic carbocycles. The second kappa shape index (κ2) is 9.00. The van der Waals surface area contributed by atoms with Crippen molar-refractivity contribution in [2.45, 2.75) is 58.3 Å². The van der Waals surface area contributed by atoms with Gasteiger partial charge in [-0.2, -0.15) is 0 Å². The highest BCUT2D eigenvalue weighted by Crippen LogP contribution is 2.22. The van der Waals surface area contributed by atoms with Gasteiger partial charge in [-0.15, -0.1) is 0 Å². The van der Waals surface area contributed by atoms with E-state index in [1.807, 2.05) is 0 Å². The molecule has 0 saturated heterocycles. The molecule has 0 aromatic rings. The molecule has 1 fully saturated rings. The van der Waals surface area contributed by atoms with Crippen LogP contribution in [0.3, 0.4) is 0 Å². The van der Waals surface area contributed by atoms with Gasteiger partial charge in [0.15, 0.2) is 0 Å². The average molecular weight is 227 g/mol. The maximum Gasteiger partial charge on any atom is 0.0434 e. The van der Waals surface area contributed by atoms with Gasteiger partial charge in [-0.3, -0.25) is 0 Å². The molecule has 2 nitrogen and oxygen atoms in total. The largest absolute Gasteiger partial charge is 0.396 e. The topological polar surface area (TPSA) is 32.3 Å². The van der Waals surface area contributed by atoms with E-state index in [4.69, 9.17) is 5.11 Å². The van der Waals surface area contributed by atoms with Crippen LogP contribution in [0.5, 0.6) is 0 Å². The summed E-state index contributed by atoms with van der Waals surface area (Å²) in [7, 11) is 0. The molecular weight excluding hydrogens is 198 g/mol. The molecule has 0 aliphatic heterocycles. The maximum absolute atomic E-state index is 8.98. The number of hydrogen-bond donors (Lipinski definition) is 2. The predicted molar refractivity (Wildman–Crippen MR) is 69.5 cm³/mol. The minimum atomic E-state index is 0.343. The van der Waals surface area contributed by atoms with Crippen LogP contribution in [0.4, 0.5) is 0 Å². The molecule has 96 valence electrons. The minimum Gasteiger partial charge on any atom is -0.396 e. The fourth-order valence-corrected chi connectivity index (χ4v) is 2.82. The molecular formula is C14H29NO. The lowest BCUT2D eigenvalue weighted by molar-refractivity contribution is 0.244. The van der Waals surface area contributed by atoms with Gasteiger partial charge in [0.05, 0.1) is 0 Å². The third-order valence-electron chi connectivity index (χ3n) is 3.83. The Morgan fingerprint density at radius 2 is 1.94 bits per heavy atom. The van der Waals surface area contributed by atoms with Crippen molar-refractivity contribution in [1.82, 2.24) is 5.32 Å². The van der Waals surface area contributed by atoms with Gasteiger partial charge in [0.2, 0.25) is 0 Å². The maximum atomic E-state index is 8.98. The zero-order valence-corrected chi connectivity index (χ0v) is 10.9. The van der Waals surface area contributed by atoms with E-state index in [0.717, 1.165) is 18.9 Å². The van der Waals surface area contributed by atoms with Crippen LogP contribution >= 0.6 is 0 Å². The van der Waals surface area contributed by atoms with Crippen LogP contribution in [0.1, 0.15) is 58.3 Å². The highest BCUT2D eigenvalue weighted by Gasteiger charge is 2.13. The summed E-state index contributed by atoms with van der Waals surface area (Å²) < 4.78 is 0. The standard InChI is InChI=1S/C14H29NO/c1-2-6-13(9-10-16)11-15-12-14-7-4-3-5-8-14/h13-16H,2-12H2,1H3. The highest BCUT2D eigenvalue weighted by molar-refractivity contribution is 4.69. The SMILES string of the molecule is CCCC(CCO)CNCC1CCCCC1. The van der Waals surface area contributed by atoms with Gasteiger partial charge in [0.1, 0.15) is 0 Å². The van der Waals surface area contributed by atoms with Crippen LogP contribution < -0.4 is 5.32 Å². The lowest BCUT2D eigenvalue weighted by atomic mass is 9.89. The number of aliphatic hydroxyl groups excluding tert-OH is 1. The Morgan fingerprint density at radius 3 is 2.56 bits per heavy atom. The third-order valence-corrected chi connectivity index (χ3v) is 3.83. The van der Waals surface area contributed by atoms with E-state index in [2.05, 4.69) is 12.2 Å². The molecule has 1 rings (SSSR count). The normalized spacial score (nSPS) is 19.9. The third kappa shape index (κ3) is 5.86. The van der Waals surface area contributed by atoms with Crippen molar-refractivity contribution in [2.24, 2.45) is 11.8 Å². The summed E-state index contributed by atoms with van der Waals surface area (Å²) >= 11 is 0. The average Bonchev–Trinajstić information content (AvgIpc) is 2.31. The summed E-state index contributed by atoms with van der Waals surface area (Å²) in [6.45, 7) is 4.87. The Bertz CT molecular complexity index is 149. The predicted octanol–water partition coefficient (Wildman–Crippen LogP) is 2.96. The summed E-state index contributed by atoms with van der Waals surface area (Å²) in [4.78, 5) is 0. The van der Waals surface area contributed by atoms with Crippen molar-refractivity contribution in [3.63, 3.8) is 0 Å². The van der Waals surface area contributed by atoms with Crippen LogP contribution in [0.2, 0.25) is 0 Å². The molecule has 0 spiro atoms. The molecule has 0 bridgehead atoms. The quantitative estimate of drug-likeness (QED) is 0.668. The first-order valence-electron chi connectivity index (χ1n) is 7.18. The Morgan fingerprint density at radius 1 is 1.19 bits per heavy atom. The van der Waals surface area contributed by atoms with Crippen molar-refractivity contribution in [2.75, 3.05) is 19.7 Å². The Hall–Kier alpha value is -0.0800. The van der Waals surface area contributed by atoms with Crippen LogP contribution in [-0.2, 0) is 0 Å². The molecule has 1 atom stereocenters. The Kier molecular flexibility index (Phi) is 7.87. The van der Waals surface area contributed by atoms with E-state index in [-0.39, 0.29) is 0 Å².